The Morgan fingerprint density at radius 3 is 2.70 bits per heavy atom. The second-order valence-electron chi connectivity index (χ2n) is 2.89. The van der Waals surface area contributed by atoms with Gasteiger partial charge in [0.2, 0.25) is 0 Å². The third-order valence-electron chi connectivity index (χ3n) is 1.76. The SMILES string of the molecule is CN(CCO)CC1COC1. The van der Waals surface area contributed by atoms with Crippen molar-refractivity contribution in [2.45, 2.75) is 0 Å². The first-order chi connectivity index (χ1) is 4.83. The summed E-state index contributed by atoms with van der Waals surface area (Å²) in [5, 5.41) is 8.57. The smallest absolute Gasteiger partial charge is 0.0558 e. The fourth-order valence-corrected chi connectivity index (χ4v) is 1.09. The van der Waals surface area contributed by atoms with Gasteiger partial charge in [0.25, 0.3) is 0 Å². The van der Waals surface area contributed by atoms with Gasteiger partial charge >= 0.3 is 0 Å². The summed E-state index contributed by atoms with van der Waals surface area (Å²) in [6, 6.07) is 0. The molecule has 0 spiro atoms. The van der Waals surface area contributed by atoms with E-state index in [1.165, 1.54) is 0 Å². The van der Waals surface area contributed by atoms with E-state index >= 15 is 0 Å². The molecule has 0 unspecified atom stereocenters. The highest BCUT2D eigenvalue weighted by atomic mass is 16.5. The maximum Gasteiger partial charge on any atom is 0.0558 e. The maximum atomic E-state index is 8.57. The van der Waals surface area contributed by atoms with Gasteiger partial charge in [0, 0.05) is 19.0 Å². The van der Waals surface area contributed by atoms with E-state index in [-0.39, 0.29) is 6.61 Å². The second-order valence-corrected chi connectivity index (χ2v) is 2.89. The lowest BCUT2D eigenvalue weighted by atomic mass is 10.1. The van der Waals surface area contributed by atoms with Gasteiger partial charge in [-0.1, -0.05) is 0 Å². The third kappa shape index (κ3) is 2.25. The van der Waals surface area contributed by atoms with Crippen LogP contribution in [0.3, 0.4) is 0 Å². The predicted octanol–water partition coefficient (Wildman–Crippen LogP) is -0.443. The van der Waals surface area contributed by atoms with Crippen molar-refractivity contribution < 1.29 is 9.84 Å². The number of aliphatic hydroxyl groups excluding tert-OH is 1. The normalized spacial score (nSPS) is 19.5. The molecule has 10 heavy (non-hydrogen) atoms. The average Bonchev–Trinajstić information content (AvgIpc) is 1.80. The van der Waals surface area contributed by atoms with Crippen LogP contribution in [0.1, 0.15) is 0 Å². The van der Waals surface area contributed by atoms with Crippen molar-refractivity contribution >= 4 is 0 Å². The number of likely N-dealkylation sites (N-methyl/N-ethyl adjacent to an activating group) is 1. The molecule has 3 heteroatoms. The number of ether oxygens (including phenoxy) is 1. The van der Waals surface area contributed by atoms with Crippen molar-refractivity contribution in [3.63, 3.8) is 0 Å². The number of nitrogens with zero attached hydrogens (tertiary/aromatic N) is 1. The van der Waals surface area contributed by atoms with Crippen molar-refractivity contribution in [2.75, 3.05) is 40.0 Å². The molecule has 0 aromatic rings. The van der Waals surface area contributed by atoms with Crippen LogP contribution >= 0.6 is 0 Å². The lowest BCUT2D eigenvalue weighted by Gasteiger charge is -2.29. The van der Waals surface area contributed by atoms with Crippen molar-refractivity contribution in [2.24, 2.45) is 5.92 Å². The molecule has 0 saturated carbocycles. The highest BCUT2D eigenvalue weighted by molar-refractivity contribution is 4.68. The van der Waals surface area contributed by atoms with Crippen LogP contribution in [0, 0.1) is 5.92 Å². The van der Waals surface area contributed by atoms with Crippen molar-refractivity contribution in [1.29, 1.82) is 0 Å². The minimum absolute atomic E-state index is 0.254. The van der Waals surface area contributed by atoms with Crippen LogP contribution in [0.2, 0.25) is 0 Å². The molecule has 0 aromatic carbocycles. The first kappa shape index (κ1) is 7.98. The van der Waals surface area contributed by atoms with E-state index in [4.69, 9.17) is 9.84 Å². The van der Waals surface area contributed by atoms with Gasteiger partial charge in [-0.3, -0.25) is 0 Å². The fraction of sp³-hybridized carbons (Fsp3) is 1.00. The molecule has 0 aliphatic carbocycles. The molecule has 0 atom stereocenters. The van der Waals surface area contributed by atoms with Gasteiger partial charge in [-0.2, -0.15) is 0 Å². The van der Waals surface area contributed by atoms with Crippen LogP contribution in [0.5, 0.6) is 0 Å². The van der Waals surface area contributed by atoms with Gasteiger partial charge in [0.05, 0.1) is 19.8 Å². The van der Waals surface area contributed by atoms with Crippen LogP contribution in [0.25, 0.3) is 0 Å². The van der Waals surface area contributed by atoms with Crippen molar-refractivity contribution in [3.05, 3.63) is 0 Å². The average molecular weight is 145 g/mol. The van der Waals surface area contributed by atoms with Gasteiger partial charge < -0.3 is 14.7 Å². The van der Waals surface area contributed by atoms with E-state index in [2.05, 4.69) is 4.90 Å². The largest absolute Gasteiger partial charge is 0.395 e. The zero-order valence-corrected chi connectivity index (χ0v) is 6.42. The first-order valence-corrected chi connectivity index (χ1v) is 3.70. The van der Waals surface area contributed by atoms with E-state index in [1.807, 2.05) is 7.05 Å². The summed E-state index contributed by atoms with van der Waals surface area (Å²) in [7, 11) is 2.02. The lowest BCUT2D eigenvalue weighted by Crippen LogP contribution is -2.38. The Balaban J connectivity index is 1.99. The van der Waals surface area contributed by atoms with Crippen LogP contribution in [0.15, 0.2) is 0 Å². The second kappa shape index (κ2) is 3.91. The van der Waals surface area contributed by atoms with Crippen LogP contribution in [-0.4, -0.2) is 50.0 Å². The predicted molar refractivity (Wildman–Crippen MR) is 38.9 cm³/mol. The molecule has 1 N–H and O–H groups in total. The van der Waals surface area contributed by atoms with Gasteiger partial charge in [0.1, 0.15) is 0 Å². The number of aliphatic hydroxyl groups is 1. The number of rotatable bonds is 4. The zero-order chi connectivity index (χ0) is 7.40. The Morgan fingerprint density at radius 2 is 2.30 bits per heavy atom. The molecular formula is C7H15NO2. The Labute approximate surface area is 61.6 Å². The molecule has 1 aliphatic heterocycles. The van der Waals surface area contributed by atoms with Crippen LogP contribution < -0.4 is 0 Å². The molecule has 0 bridgehead atoms. The lowest BCUT2D eigenvalue weighted by molar-refractivity contribution is -0.0446. The van der Waals surface area contributed by atoms with E-state index in [0.717, 1.165) is 26.3 Å². The third-order valence-corrected chi connectivity index (χ3v) is 1.76. The fourth-order valence-electron chi connectivity index (χ4n) is 1.09. The highest BCUT2D eigenvalue weighted by Gasteiger charge is 2.19. The van der Waals surface area contributed by atoms with Crippen LogP contribution in [0.4, 0.5) is 0 Å². The van der Waals surface area contributed by atoms with E-state index in [1.54, 1.807) is 0 Å². The zero-order valence-electron chi connectivity index (χ0n) is 6.42. The summed E-state index contributed by atoms with van der Waals surface area (Å²) in [6.07, 6.45) is 0. The van der Waals surface area contributed by atoms with Gasteiger partial charge in [0.15, 0.2) is 0 Å². The summed E-state index contributed by atoms with van der Waals surface area (Å²) in [5.41, 5.74) is 0. The van der Waals surface area contributed by atoms with E-state index < -0.39 is 0 Å². The Hall–Kier alpha value is -0.120. The standard InChI is InChI=1S/C7H15NO2/c1-8(2-3-9)4-7-5-10-6-7/h7,9H,2-6H2,1H3. The van der Waals surface area contributed by atoms with Gasteiger partial charge in [-0.25, -0.2) is 0 Å². The van der Waals surface area contributed by atoms with E-state index in [9.17, 15) is 0 Å². The number of hydrogen-bond acceptors (Lipinski definition) is 3. The van der Waals surface area contributed by atoms with Crippen molar-refractivity contribution in [3.8, 4) is 0 Å². The topological polar surface area (TPSA) is 32.7 Å². The highest BCUT2D eigenvalue weighted by Crippen LogP contribution is 2.10. The summed E-state index contributed by atoms with van der Waals surface area (Å²) in [6.45, 7) is 3.88. The van der Waals surface area contributed by atoms with Gasteiger partial charge in [-0.05, 0) is 7.05 Å². The molecular weight excluding hydrogens is 130 g/mol. The molecule has 3 nitrogen and oxygen atoms in total. The minimum atomic E-state index is 0.254. The minimum Gasteiger partial charge on any atom is -0.395 e. The van der Waals surface area contributed by atoms with Crippen molar-refractivity contribution in [1.82, 2.24) is 4.90 Å². The monoisotopic (exact) mass is 145 g/mol. The molecule has 1 rings (SSSR count). The number of hydrogen-bond donors (Lipinski definition) is 1. The summed E-state index contributed by atoms with van der Waals surface area (Å²) in [5.74, 6) is 0.705. The first-order valence-electron chi connectivity index (χ1n) is 3.70. The molecule has 0 aromatic heterocycles. The summed E-state index contributed by atoms with van der Waals surface area (Å²) >= 11 is 0. The van der Waals surface area contributed by atoms with E-state index in [0.29, 0.717) is 5.92 Å². The van der Waals surface area contributed by atoms with Gasteiger partial charge in [-0.15, -0.1) is 0 Å². The molecule has 1 fully saturated rings. The summed E-state index contributed by atoms with van der Waals surface area (Å²) < 4.78 is 5.02. The molecule has 1 heterocycles. The Kier molecular flexibility index (Phi) is 3.12. The molecule has 0 radical (unpaired) electrons. The maximum absolute atomic E-state index is 8.57. The van der Waals surface area contributed by atoms with Crippen LogP contribution in [-0.2, 0) is 4.74 Å². The molecule has 1 saturated heterocycles. The summed E-state index contributed by atoms with van der Waals surface area (Å²) in [4.78, 5) is 2.13. The Morgan fingerprint density at radius 1 is 1.60 bits per heavy atom. The molecule has 60 valence electrons. The molecule has 0 amide bonds. The molecule has 1 aliphatic rings. The quantitative estimate of drug-likeness (QED) is 0.582. The Bertz CT molecular complexity index is 93.6.